The van der Waals surface area contributed by atoms with Gasteiger partial charge in [0, 0.05) is 12.1 Å². The molecule has 0 atom stereocenters. The lowest BCUT2D eigenvalue weighted by molar-refractivity contribution is 0.0841. The fourth-order valence-corrected chi connectivity index (χ4v) is 4.80. The lowest BCUT2D eigenvalue weighted by Gasteiger charge is -2.29. The number of carbonyl (C=O) groups excluding carboxylic acids is 2. The van der Waals surface area contributed by atoms with Crippen LogP contribution in [0.25, 0.3) is 0 Å². The molecule has 4 rings (SSSR count). The van der Waals surface area contributed by atoms with Gasteiger partial charge < -0.3 is 15.4 Å². The minimum atomic E-state index is -0.603. The maximum Gasteiger partial charge on any atom is 0.411 e. The number of urea groups is 1. The number of hydrogen-bond donors (Lipinski definition) is 4. The molecule has 0 unspecified atom stereocenters. The molecule has 0 saturated heterocycles. The van der Waals surface area contributed by atoms with E-state index in [4.69, 9.17) is 51.1 Å². The number of carbonyl (C=O) groups is 2. The predicted octanol–water partition coefficient (Wildman–Crippen LogP) is 7.71. The third-order valence-corrected chi connectivity index (χ3v) is 6.86. The van der Waals surface area contributed by atoms with Crippen LogP contribution in [0.15, 0.2) is 48.8 Å². The summed E-state index contributed by atoms with van der Waals surface area (Å²) in [5.74, 6) is 0.849. The molecule has 1 aliphatic carbocycles. The summed E-state index contributed by atoms with van der Waals surface area (Å²) in [7, 11) is 0. The van der Waals surface area contributed by atoms with Crippen LogP contribution in [0.4, 0.5) is 32.6 Å². The number of nitrogens with zero attached hydrogens (tertiary/aromatic N) is 2. The van der Waals surface area contributed by atoms with E-state index in [2.05, 4.69) is 31.2 Å². The van der Waals surface area contributed by atoms with Crippen molar-refractivity contribution >= 4 is 81.5 Å². The minimum Gasteiger partial charge on any atom is -0.446 e. The fourth-order valence-electron chi connectivity index (χ4n) is 3.82. The second-order valence-electron chi connectivity index (χ2n) is 8.21. The van der Waals surface area contributed by atoms with Gasteiger partial charge in [-0.2, -0.15) is 0 Å². The number of para-hydroxylation sites is 2. The lowest BCUT2D eigenvalue weighted by Crippen LogP contribution is -2.32. The van der Waals surface area contributed by atoms with Gasteiger partial charge in [-0.15, -0.1) is 0 Å². The molecule has 0 aliphatic heterocycles. The predicted molar refractivity (Wildman–Crippen MR) is 147 cm³/mol. The molecule has 1 aliphatic rings. The summed E-state index contributed by atoms with van der Waals surface area (Å²) >= 11 is 24.4. The molecule has 0 spiro atoms. The second kappa shape index (κ2) is 12.5. The van der Waals surface area contributed by atoms with Gasteiger partial charge in [-0.05, 0) is 49.9 Å². The molecule has 4 N–H and O–H groups in total. The minimum absolute atomic E-state index is 0.111. The van der Waals surface area contributed by atoms with Gasteiger partial charge in [0.25, 0.3) is 0 Å². The van der Waals surface area contributed by atoms with E-state index in [1.165, 1.54) is 6.33 Å². The first-order valence-corrected chi connectivity index (χ1v) is 12.8. The van der Waals surface area contributed by atoms with Crippen LogP contribution >= 0.6 is 46.4 Å². The highest BCUT2D eigenvalue weighted by Gasteiger charge is 2.25. The molecule has 1 fully saturated rings. The smallest absolute Gasteiger partial charge is 0.411 e. The van der Waals surface area contributed by atoms with E-state index in [1.54, 1.807) is 42.5 Å². The van der Waals surface area contributed by atoms with Crippen molar-refractivity contribution in [3.05, 3.63) is 68.9 Å². The van der Waals surface area contributed by atoms with Crippen LogP contribution in [0.5, 0.6) is 0 Å². The molecule has 3 amide bonds. The number of halogens is 4. The van der Waals surface area contributed by atoms with E-state index in [1.807, 2.05) is 0 Å². The summed E-state index contributed by atoms with van der Waals surface area (Å²) in [6.45, 7) is 0. The van der Waals surface area contributed by atoms with E-state index in [0.717, 1.165) is 12.8 Å². The number of hydrogen-bond acceptors (Lipinski definition) is 6. The van der Waals surface area contributed by atoms with E-state index >= 15 is 0 Å². The number of benzene rings is 2. The number of amides is 3. The van der Waals surface area contributed by atoms with Crippen LogP contribution in [0, 0.1) is 0 Å². The first kappa shape index (κ1) is 27.1. The van der Waals surface area contributed by atoms with Gasteiger partial charge in [0.05, 0.1) is 31.5 Å². The van der Waals surface area contributed by atoms with Crippen molar-refractivity contribution in [1.82, 2.24) is 9.97 Å². The number of rotatable bonds is 6. The van der Waals surface area contributed by atoms with Crippen molar-refractivity contribution in [3.63, 3.8) is 0 Å². The van der Waals surface area contributed by atoms with Gasteiger partial charge in [-0.3, -0.25) is 10.6 Å². The molecule has 194 valence electrons. The van der Waals surface area contributed by atoms with Gasteiger partial charge in [0.2, 0.25) is 0 Å². The summed E-state index contributed by atoms with van der Waals surface area (Å²) in [5.41, 5.74) is 0.626. The standard InChI is InChI=1S/C24H22Cl4N6O3/c25-15-3-1-4-16(26)21(15)33-23(35)32-20-11-19(29-12-30-20)31-13-7-9-14(10-8-13)37-24(36)34-22-17(27)5-2-6-18(22)28/h1-6,11-14H,7-10H2,(H,34,36)(H3,29,30,31,32,33,35)/t13-,14-. The number of aromatic nitrogens is 2. The largest absolute Gasteiger partial charge is 0.446 e. The third kappa shape index (κ3) is 7.52. The monoisotopic (exact) mass is 582 g/mol. The number of nitrogens with one attached hydrogen (secondary N) is 4. The highest BCUT2D eigenvalue weighted by atomic mass is 35.5. The van der Waals surface area contributed by atoms with Crippen molar-refractivity contribution in [1.29, 1.82) is 0 Å². The zero-order valence-electron chi connectivity index (χ0n) is 19.2. The maximum absolute atomic E-state index is 12.4. The Bertz CT molecular complexity index is 1250. The molecular formula is C24H22Cl4N6O3. The first-order chi connectivity index (χ1) is 17.8. The van der Waals surface area contributed by atoms with E-state index < -0.39 is 12.1 Å². The Morgan fingerprint density at radius 3 is 1.89 bits per heavy atom. The van der Waals surface area contributed by atoms with E-state index in [0.29, 0.717) is 55.9 Å². The highest BCUT2D eigenvalue weighted by molar-refractivity contribution is 6.40. The molecule has 1 heterocycles. The second-order valence-corrected chi connectivity index (χ2v) is 9.84. The maximum atomic E-state index is 12.4. The lowest BCUT2D eigenvalue weighted by atomic mass is 9.93. The summed E-state index contributed by atoms with van der Waals surface area (Å²) in [6, 6.07) is 11.1. The van der Waals surface area contributed by atoms with Crippen LogP contribution in [0.2, 0.25) is 20.1 Å². The van der Waals surface area contributed by atoms with Crippen molar-refractivity contribution in [2.24, 2.45) is 0 Å². The molecular weight excluding hydrogens is 562 g/mol. The topological polar surface area (TPSA) is 117 Å². The van der Waals surface area contributed by atoms with E-state index in [-0.39, 0.29) is 12.1 Å². The van der Waals surface area contributed by atoms with Crippen molar-refractivity contribution in [3.8, 4) is 0 Å². The Hall–Kier alpha value is -2.98. The molecule has 13 heteroatoms. The van der Waals surface area contributed by atoms with Gasteiger partial charge in [-0.25, -0.2) is 19.6 Å². The Labute approximate surface area is 233 Å². The molecule has 1 saturated carbocycles. The Kier molecular flexibility index (Phi) is 9.15. The van der Waals surface area contributed by atoms with Crippen molar-refractivity contribution in [2.75, 3.05) is 21.3 Å². The van der Waals surface area contributed by atoms with E-state index in [9.17, 15) is 9.59 Å². The quantitative estimate of drug-likeness (QED) is 0.236. The summed E-state index contributed by atoms with van der Waals surface area (Å²) in [5, 5.41) is 12.5. The average molecular weight is 584 g/mol. The fraction of sp³-hybridized carbons (Fsp3) is 0.250. The summed E-state index contributed by atoms with van der Waals surface area (Å²) in [6.07, 6.45) is 3.35. The summed E-state index contributed by atoms with van der Waals surface area (Å²) < 4.78 is 5.54. The van der Waals surface area contributed by atoms with Crippen molar-refractivity contribution < 1.29 is 14.3 Å². The third-order valence-electron chi connectivity index (χ3n) is 5.60. The number of ether oxygens (including phenoxy) is 1. The molecule has 1 aromatic heterocycles. The SMILES string of the molecule is O=C(Nc1cc(N[C@H]2CC[C@H](OC(=O)Nc3c(Cl)cccc3Cl)CC2)ncn1)Nc1c(Cl)cccc1Cl. The zero-order chi connectivity index (χ0) is 26.4. The molecule has 9 nitrogen and oxygen atoms in total. The van der Waals surface area contributed by atoms with Crippen LogP contribution < -0.4 is 21.3 Å². The molecule has 37 heavy (non-hydrogen) atoms. The van der Waals surface area contributed by atoms with Crippen LogP contribution in [0.3, 0.4) is 0 Å². The van der Waals surface area contributed by atoms with Gasteiger partial charge in [-0.1, -0.05) is 58.5 Å². The molecule has 0 bridgehead atoms. The zero-order valence-corrected chi connectivity index (χ0v) is 22.3. The Balaban J connectivity index is 1.25. The normalized spacial score (nSPS) is 17.0. The van der Waals surface area contributed by atoms with Gasteiger partial charge in [0.15, 0.2) is 0 Å². The van der Waals surface area contributed by atoms with Gasteiger partial charge >= 0.3 is 12.1 Å². The van der Waals surface area contributed by atoms with Crippen LogP contribution in [0.1, 0.15) is 25.7 Å². The van der Waals surface area contributed by atoms with Gasteiger partial charge in [0.1, 0.15) is 24.1 Å². The average Bonchev–Trinajstić information content (AvgIpc) is 2.85. The number of anilines is 4. The first-order valence-electron chi connectivity index (χ1n) is 11.3. The molecule has 2 aromatic carbocycles. The van der Waals surface area contributed by atoms with Crippen LogP contribution in [-0.2, 0) is 4.74 Å². The summed E-state index contributed by atoms with van der Waals surface area (Å²) in [4.78, 5) is 33.0. The van der Waals surface area contributed by atoms with Crippen LogP contribution in [-0.4, -0.2) is 34.2 Å². The highest BCUT2D eigenvalue weighted by Crippen LogP contribution is 2.31. The molecule has 0 radical (unpaired) electrons. The molecule has 3 aromatic rings. The Morgan fingerprint density at radius 1 is 0.757 bits per heavy atom. The van der Waals surface area contributed by atoms with Crippen molar-refractivity contribution in [2.45, 2.75) is 37.8 Å². The Morgan fingerprint density at radius 2 is 1.30 bits per heavy atom.